The molecule has 0 atom stereocenters. The number of ether oxygens (including phenoxy) is 2. The Morgan fingerprint density at radius 1 is 1.18 bits per heavy atom. The van der Waals surface area contributed by atoms with Gasteiger partial charge in [-0.1, -0.05) is 29.0 Å². The Morgan fingerprint density at radius 3 is 2.64 bits per heavy atom. The fraction of sp³-hybridized carbons (Fsp3) is 0.105. The van der Waals surface area contributed by atoms with E-state index >= 15 is 0 Å². The number of hydrogen-bond acceptors (Lipinski definition) is 6. The summed E-state index contributed by atoms with van der Waals surface area (Å²) in [5, 5.41) is 4.51. The topological polar surface area (TPSA) is 65.7 Å². The van der Waals surface area contributed by atoms with Crippen LogP contribution in [0.1, 0.15) is 5.56 Å². The van der Waals surface area contributed by atoms with Crippen LogP contribution in [-0.4, -0.2) is 28.8 Å². The second-order valence-electron chi connectivity index (χ2n) is 5.75. The number of hydrogen-bond donors (Lipinski definition) is 0. The van der Waals surface area contributed by atoms with Crippen LogP contribution in [0.25, 0.3) is 22.4 Å². The average Bonchev–Trinajstić information content (AvgIpc) is 3.24. The lowest BCUT2D eigenvalue weighted by Crippen LogP contribution is -2.23. The van der Waals surface area contributed by atoms with Gasteiger partial charge in [-0.25, -0.2) is 4.39 Å². The summed E-state index contributed by atoms with van der Waals surface area (Å²) < 4.78 is 26.0. The number of methoxy groups -OCH3 is 2. The van der Waals surface area contributed by atoms with Crippen molar-refractivity contribution in [2.75, 3.05) is 14.2 Å². The number of halogens is 2. The van der Waals surface area contributed by atoms with Gasteiger partial charge in [0.2, 0.25) is 4.96 Å². The monoisotopic (exact) mass is 417 g/mol. The molecule has 4 aromatic rings. The lowest BCUT2D eigenvalue weighted by atomic mass is 10.2. The molecule has 0 spiro atoms. The second-order valence-corrected chi connectivity index (χ2v) is 7.17. The third-order valence-corrected chi connectivity index (χ3v) is 5.39. The average molecular weight is 418 g/mol. The van der Waals surface area contributed by atoms with Gasteiger partial charge in [0.15, 0.2) is 17.3 Å². The van der Waals surface area contributed by atoms with Gasteiger partial charge in [-0.3, -0.25) is 4.79 Å². The molecule has 0 aliphatic carbocycles. The Morgan fingerprint density at radius 2 is 1.96 bits per heavy atom. The number of rotatable bonds is 4. The molecule has 9 heteroatoms. The fourth-order valence-electron chi connectivity index (χ4n) is 2.71. The van der Waals surface area contributed by atoms with E-state index in [9.17, 15) is 9.18 Å². The molecule has 0 amide bonds. The van der Waals surface area contributed by atoms with E-state index in [1.165, 1.54) is 29.8 Å². The molecular formula is C19H13ClFN3O3S. The highest BCUT2D eigenvalue weighted by atomic mass is 35.5. The minimum Gasteiger partial charge on any atom is -0.493 e. The van der Waals surface area contributed by atoms with Crippen LogP contribution in [0, 0.1) is 5.82 Å². The molecule has 28 heavy (non-hydrogen) atoms. The molecule has 2 aromatic carbocycles. The number of benzene rings is 2. The molecule has 0 bridgehead atoms. The van der Waals surface area contributed by atoms with Gasteiger partial charge in [-0.2, -0.15) is 9.50 Å². The van der Waals surface area contributed by atoms with Crippen molar-refractivity contribution in [2.45, 2.75) is 0 Å². The molecule has 0 saturated heterocycles. The lowest BCUT2D eigenvalue weighted by molar-refractivity contribution is 0.355. The zero-order valence-corrected chi connectivity index (χ0v) is 16.3. The summed E-state index contributed by atoms with van der Waals surface area (Å²) in [5.74, 6) is 0.982. The minimum absolute atomic E-state index is 0.158. The number of fused-ring (bicyclic) bond motifs is 1. The molecule has 0 N–H and O–H groups in total. The van der Waals surface area contributed by atoms with Gasteiger partial charge >= 0.3 is 0 Å². The van der Waals surface area contributed by atoms with E-state index in [2.05, 4.69) is 10.1 Å². The van der Waals surface area contributed by atoms with Crippen molar-refractivity contribution in [3.05, 3.63) is 67.7 Å². The maximum absolute atomic E-state index is 14.0. The van der Waals surface area contributed by atoms with Crippen LogP contribution in [0.3, 0.4) is 0 Å². The lowest BCUT2D eigenvalue weighted by Gasteiger charge is -2.07. The summed E-state index contributed by atoms with van der Waals surface area (Å²) in [7, 11) is 3.08. The fourth-order valence-corrected chi connectivity index (χ4v) is 3.82. The molecule has 6 nitrogen and oxygen atoms in total. The number of aromatic nitrogens is 3. The Kier molecular flexibility index (Phi) is 4.74. The highest BCUT2D eigenvalue weighted by Crippen LogP contribution is 2.31. The van der Waals surface area contributed by atoms with Gasteiger partial charge in [-0.15, -0.1) is 5.10 Å². The van der Waals surface area contributed by atoms with Crippen molar-refractivity contribution in [1.82, 2.24) is 14.6 Å². The minimum atomic E-state index is -0.503. The van der Waals surface area contributed by atoms with Crippen molar-refractivity contribution in [3.63, 3.8) is 0 Å². The standard InChI is InChI=1S/C19H13ClFN3O3S/c1-26-14-7-6-10(8-15(14)27-2)17-22-19-24(23-17)18(25)16(28-19)9-11-12(20)4-3-5-13(11)21/h3-9H,1-2H3/b16-9-. The van der Waals surface area contributed by atoms with Crippen molar-refractivity contribution < 1.29 is 13.9 Å². The van der Waals surface area contributed by atoms with E-state index in [1.807, 2.05) is 0 Å². The van der Waals surface area contributed by atoms with Crippen LogP contribution >= 0.6 is 22.9 Å². The van der Waals surface area contributed by atoms with E-state index in [1.54, 1.807) is 31.4 Å². The second kappa shape index (κ2) is 7.21. The first kappa shape index (κ1) is 18.4. The molecule has 2 heterocycles. The van der Waals surface area contributed by atoms with Crippen LogP contribution < -0.4 is 19.6 Å². The molecule has 142 valence electrons. The third-order valence-electron chi connectivity index (χ3n) is 4.10. The van der Waals surface area contributed by atoms with Crippen molar-refractivity contribution in [1.29, 1.82) is 0 Å². The summed E-state index contributed by atoms with van der Waals surface area (Å²) in [6, 6.07) is 9.60. The van der Waals surface area contributed by atoms with E-state index in [-0.39, 0.29) is 10.6 Å². The summed E-state index contributed by atoms with van der Waals surface area (Å²) in [4.78, 5) is 17.5. The highest BCUT2D eigenvalue weighted by Gasteiger charge is 2.15. The Balaban J connectivity index is 1.81. The maximum Gasteiger partial charge on any atom is 0.291 e. The SMILES string of the molecule is COc1ccc(-c2nc3s/c(=C\c4c(F)cccc4Cl)c(=O)n3n2)cc1OC. The smallest absolute Gasteiger partial charge is 0.291 e. The van der Waals surface area contributed by atoms with Crippen molar-refractivity contribution in [2.24, 2.45) is 0 Å². The molecule has 0 unspecified atom stereocenters. The maximum atomic E-state index is 14.0. The van der Waals surface area contributed by atoms with Gasteiger partial charge in [0, 0.05) is 11.1 Å². The molecule has 0 fully saturated rings. The summed E-state index contributed by atoms with van der Waals surface area (Å²) in [6.45, 7) is 0. The predicted octanol–water partition coefficient (Wildman–Crippen LogP) is 3.18. The van der Waals surface area contributed by atoms with E-state index in [0.29, 0.717) is 32.4 Å². The zero-order chi connectivity index (χ0) is 19.8. The van der Waals surface area contributed by atoms with E-state index in [0.717, 1.165) is 11.3 Å². The molecule has 0 radical (unpaired) electrons. The normalized spacial score (nSPS) is 11.9. The molecule has 4 rings (SSSR count). The first-order valence-corrected chi connectivity index (χ1v) is 9.29. The summed E-state index contributed by atoms with van der Waals surface area (Å²) in [5.41, 5.74) is 0.444. The molecule has 2 aromatic heterocycles. The zero-order valence-electron chi connectivity index (χ0n) is 14.8. The van der Waals surface area contributed by atoms with E-state index in [4.69, 9.17) is 21.1 Å². The van der Waals surface area contributed by atoms with Crippen molar-refractivity contribution >= 4 is 34.0 Å². The van der Waals surface area contributed by atoms with Crippen LogP contribution in [0.5, 0.6) is 11.5 Å². The van der Waals surface area contributed by atoms with Crippen LogP contribution in [0.4, 0.5) is 4.39 Å². The van der Waals surface area contributed by atoms with E-state index < -0.39 is 11.4 Å². The number of nitrogens with zero attached hydrogens (tertiary/aromatic N) is 3. The van der Waals surface area contributed by atoms with Gasteiger partial charge < -0.3 is 9.47 Å². The molecule has 0 saturated carbocycles. The van der Waals surface area contributed by atoms with Crippen molar-refractivity contribution in [3.8, 4) is 22.9 Å². The highest BCUT2D eigenvalue weighted by molar-refractivity contribution is 7.15. The Bertz CT molecular complexity index is 1280. The van der Waals surface area contributed by atoms with Gasteiger partial charge in [0.1, 0.15) is 5.82 Å². The molecule has 0 aliphatic rings. The third kappa shape index (κ3) is 3.10. The summed E-state index contributed by atoms with van der Waals surface area (Å²) in [6.07, 6.45) is 1.41. The quantitative estimate of drug-likeness (QED) is 0.510. The summed E-state index contributed by atoms with van der Waals surface area (Å²) >= 11 is 7.14. The van der Waals surface area contributed by atoms with Gasteiger partial charge in [0.05, 0.1) is 23.8 Å². The molecule has 0 aliphatic heterocycles. The first-order valence-electron chi connectivity index (χ1n) is 8.09. The first-order chi connectivity index (χ1) is 13.5. The van der Waals surface area contributed by atoms with Crippen LogP contribution in [-0.2, 0) is 0 Å². The Hall–Kier alpha value is -2.97. The predicted molar refractivity (Wildman–Crippen MR) is 106 cm³/mol. The van der Waals surface area contributed by atoms with Crippen LogP contribution in [0.15, 0.2) is 41.2 Å². The van der Waals surface area contributed by atoms with Crippen LogP contribution in [0.2, 0.25) is 5.02 Å². The molecular weight excluding hydrogens is 405 g/mol. The Labute approximate surface area is 167 Å². The number of thiazole rings is 1. The van der Waals surface area contributed by atoms with Gasteiger partial charge in [0.25, 0.3) is 5.56 Å². The van der Waals surface area contributed by atoms with Gasteiger partial charge in [-0.05, 0) is 36.4 Å². The largest absolute Gasteiger partial charge is 0.493 e.